The first-order chi connectivity index (χ1) is 8.11. The molecule has 0 aliphatic carbocycles. The molecule has 0 fully saturated rings. The van der Waals surface area contributed by atoms with E-state index in [9.17, 15) is 9.18 Å². The van der Waals surface area contributed by atoms with Crippen LogP contribution in [0.2, 0.25) is 0 Å². The van der Waals surface area contributed by atoms with E-state index < -0.39 is 5.97 Å². The molecular formula is C11H8FNO3S. The van der Waals surface area contributed by atoms with Crippen molar-refractivity contribution in [1.82, 2.24) is 5.16 Å². The average molecular weight is 253 g/mol. The van der Waals surface area contributed by atoms with Gasteiger partial charge in [0.15, 0.2) is 0 Å². The molecule has 17 heavy (non-hydrogen) atoms. The highest BCUT2D eigenvalue weighted by Crippen LogP contribution is 2.26. The Morgan fingerprint density at radius 1 is 1.47 bits per heavy atom. The zero-order chi connectivity index (χ0) is 12.4. The van der Waals surface area contributed by atoms with Crippen molar-refractivity contribution >= 4 is 17.7 Å². The van der Waals surface area contributed by atoms with Crippen LogP contribution in [0, 0.1) is 5.82 Å². The topological polar surface area (TPSA) is 63.3 Å². The van der Waals surface area contributed by atoms with Crippen LogP contribution in [0.15, 0.2) is 33.7 Å². The van der Waals surface area contributed by atoms with E-state index in [4.69, 9.17) is 5.11 Å². The Balaban J connectivity index is 2.42. The van der Waals surface area contributed by atoms with Crippen molar-refractivity contribution in [3.05, 3.63) is 35.8 Å². The predicted molar refractivity (Wildman–Crippen MR) is 60.6 cm³/mol. The maximum Gasteiger partial charge on any atom is 0.374 e. The van der Waals surface area contributed by atoms with Crippen molar-refractivity contribution in [2.24, 2.45) is 0 Å². The van der Waals surface area contributed by atoms with Gasteiger partial charge in [-0.1, -0.05) is 5.16 Å². The minimum absolute atomic E-state index is 0.241. The molecule has 1 aromatic heterocycles. The fourth-order valence-electron chi connectivity index (χ4n) is 1.33. The number of aromatic carboxylic acids is 1. The van der Waals surface area contributed by atoms with Gasteiger partial charge in [0.1, 0.15) is 11.5 Å². The molecule has 6 heteroatoms. The number of carboxylic acid groups (broad SMARTS) is 1. The third-order valence-electron chi connectivity index (χ3n) is 2.17. The molecular weight excluding hydrogens is 245 g/mol. The van der Waals surface area contributed by atoms with Crippen molar-refractivity contribution in [3.8, 4) is 11.3 Å². The van der Waals surface area contributed by atoms with Crippen molar-refractivity contribution < 1.29 is 18.8 Å². The normalized spacial score (nSPS) is 10.5. The number of rotatable bonds is 3. The molecule has 0 spiro atoms. The molecule has 2 rings (SSSR count). The lowest BCUT2D eigenvalue weighted by Crippen LogP contribution is -1.91. The van der Waals surface area contributed by atoms with Gasteiger partial charge in [0.2, 0.25) is 5.76 Å². The van der Waals surface area contributed by atoms with Gasteiger partial charge >= 0.3 is 5.97 Å². The zero-order valence-electron chi connectivity index (χ0n) is 8.81. The van der Waals surface area contributed by atoms with Crippen LogP contribution in [0.25, 0.3) is 11.3 Å². The summed E-state index contributed by atoms with van der Waals surface area (Å²) in [5, 5.41) is 12.3. The molecule has 4 nitrogen and oxygen atoms in total. The first-order valence-electron chi connectivity index (χ1n) is 4.65. The van der Waals surface area contributed by atoms with E-state index in [1.165, 1.54) is 30.0 Å². The van der Waals surface area contributed by atoms with Crippen molar-refractivity contribution in [2.45, 2.75) is 4.90 Å². The van der Waals surface area contributed by atoms with Gasteiger partial charge < -0.3 is 9.63 Å². The van der Waals surface area contributed by atoms with Crippen LogP contribution < -0.4 is 0 Å². The van der Waals surface area contributed by atoms with E-state index in [1.807, 2.05) is 0 Å². The summed E-state index contributed by atoms with van der Waals surface area (Å²) in [4.78, 5) is 11.1. The number of hydrogen-bond donors (Lipinski definition) is 1. The fraction of sp³-hybridized carbons (Fsp3) is 0.0909. The van der Waals surface area contributed by atoms with E-state index >= 15 is 0 Å². The van der Waals surface area contributed by atoms with Crippen LogP contribution in [0.4, 0.5) is 4.39 Å². The standard InChI is InChI=1S/C11H8FNO3S/c1-17-10-4-6(2-3-7(10)12)8-5-9(11(14)15)16-13-8/h2-5H,1H3,(H,14,15). The summed E-state index contributed by atoms with van der Waals surface area (Å²) in [5.74, 6) is -1.74. The van der Waals surface area contributed by atoms with Gasteiger partial charge in [0.05, 0.1) is 0 Å². The largest absolute Gasteiger partial charge is 0.475 e. The van der Waals surface area contributed by atoms with Crippen LogP contribution >= 0.6 is 11.8 Å². The summed E-state index contributed by atoms with van der Waals surface area (Å²) in [7, 11) is 0. The monoisotopic (exact) mass is 253 g/mol. The van der Waals surface area contributed by atoms with Gasteiger partial charge in [0.25, 0.3) is 0 Å². The third kappa shape index (κ3) is 2.31. The molecule has 0 bridgehead atoms. The number of halogens is 1. The number of thioether (sulfide) groups is 1. The van der Waals surface area contributed by atoms with Crippen molar-refractivity contribution in [3.63, 3.8) is 0 Å². The molecule has 0 aliphatic heterocycles. The van der Waals surface area contributed by atoms with E-state index in [0.717, 1.165) is 0 Å². The molecule has 1 aromatic carbocycles. The summed E-state index contributed by atoms with van der Waals surface area (Å²) in [6.07, 6.45) is 1.76. The molecule has 0 aliphatic rings. The Morgan fingerprint density at radius 3 is 2.82 bits per heavy atom. The maximum atomic E-state index is 13.3. The fourth-order valence-corrected chi connectivity index (χ4v) is 1.84. The Labute approximate surface area is 100 Å². The van der Waals surface area contributed by atoms with Gasteiger partial charge in [-0.2, -0.15) is 0 Å². The lowest BCUT2D eigenvalue weighted by atomic mass is 10.1. The number of nitrogens with zero attached hydrogens (tertiary/aromatic N) is 1. The Morgan fingerprint density at radius 2 is 2.24 bits per heavy atom. The maximum absolute atomic E-state index is 13.3. The molecule has 0 amide bonds. The number of aromatic nitrogens is 1. The smallest absolute Gasteiger partial charge is 0.374 e. The molecule has 0 saturated heterocycles. The molecule has 2 aromatic rings. The van der Waals surface area contributed by atoms with E-state index in [0.29, 0.717) is 16.2 Å². The van der Waals surface area contributed by atoms with Gasteiger partial charge in [-0.15, -0.1) is 11.8 Å². The number of carboxylic acids is 1. The summed E-state index contributed by atoms with van der Waals surface area (Å²) >= 11 is 1.27. The first-order valence-corrected chi connectivity index (χ1v) is 5.88. The molecule has 0 unspecified atom stereocenters. The van der Waals surface area contributed by atoms with Crippen LogP contribution in [-0.4, -0.2) is 22.5 Å². The van der Waals surface area contributed by atoms with Gasteiger partial charge in [-0.3, -0.25) is 0 Å². The van der Waals surface area contributed by atoms with Gasteiger partial charge in [0, 0.05) is 16.5 Å². The molecule has 1 heterocycles. The molecule has 0 saturated carbocycles. The predicted octanol–water partition coefficient (Wildman–Crippen LogP) is 2.90. The van der Waals surface area contributed by atoms with Crippen molar-refractivity contribution in [2.75, 3.05) is 6.26 Å². The Bertz CT molecular complexity index is 568. The van der Waals surface area contributed by atoms with Gasteiger partial charge in [-0.25, -0.2) is 9.18 Å². The first kappa shape index (κ1) is 11.7. The lowest BCUT2D eigenvalue weighted by Gasteiger charge is -2.01. The van der Waals surface area contributed by atoms with E-state index in [1.54, 1.807) is 12.3 Å². The minimum Gasteiger partial charge on any atom is -0.475 e. The van der Waals surface area contributed by atoms with Crippen LogP contribution in [0.5, 0.6) is 0 Å². The average Bonchev–Trinajstić information content (AvgIpc) is 2.79. The molecule has 88 valence electrons. The second-order valence-corrected chi connectivity index (χ2v) is 4.08. The second-order valence-electron chi connectivity index (χ2n) is 3.23. The van der Waals surface area contributed by atoms with Gasteiger partial charge in [-0.05, 0) is 24.5 Å². The Kier molecular flexibility index (Phi) is 3.14. The second kappa shape index (κ2) is 4.58. The zero-order valence-corrected chi connectivity index (χ0v) is 9.62. The van der Waals surface area contributed by atoms with Crippen molar-refractivity contribution in [1.29, 1.82) is 0 Å². The van der Waals surface area contributed by atoms with E-state index in [-0.39, 0.29) is 11.6 Å². The SMILES string of the molecule is CSc1cc(-c2cc(C(=O)O)on2)ccc1F. The highest BCUT2D eigenvalue weighted by Gasteiger charge is 2.13. The van der Waals surface area contributed by atoms with Crippen LogP contribution in [0.3, 0.4) is 0 Å². The summed E-state index contributed by atoms with van der Waals surface area (Å²) in [6.45, 7) is 0. The molecule has 0 atom stereocenters. The highest BCUT2D eigenvalue weighted by molar-refractivity contribution is 7.98. The summed E-state index contributed by atoms with van der Waals surface area (Å²) < 4.78 is 17.9. The minimum atomic E-state index is -1.18. The van der Waals surface area contributed by atoms with E-state index in [2.05, 4.69) is 9.68 Å². The molecule has 0 radical (unpaired) electrons. The number of hydrogen-bond acceptors (Lipinski definition) is 4. The summed E-state index contributed by atoms with van der Waals surface area (Å²) in [5.41, 5.74) is 0.990. The Hall–Kier alpha value is -1.82. The third-order valence-corrected chi connectivity index (χ3v) is 2.92. The molecule has 1 N–H and O–H groups in total. The number of carbonyl (C=O) groups is 1. The van der Waals surface area contributed by atoms with Crippen LogP contribution in [0.1, 0.15) is 10.6 Å². The highest BCUT2D eigenvalue weighted by atomic mass is 32.2. The summed E-state index contributed by atoms with van der Waals surface area (Å²) in [6, 6.07) is 5.75. The number of benzene rings is 1. The quantitative estimate of drug-likeness (QED) is 0.852. The lowest BCUT2D eigenvalue weighted by molar-refractivity contribution is 0.0652. The van der Waals surface area contributed by atoms with Crippen LogP contribution in [-0.2, 0) is 0 Å².